The van der Waals surface area contributed by atoms with Crippen molar-refractivity contribution in [1.82, 2.24) is 30.0 Å². The Morgan fingerprint density at radius 1 is 0.968 bits per heavy atom. The summed E-state index contributed by atoms with van der Waals surface area (Å²) in [7, 11) is 0. The summed E-state index contributed by atoms with van der Waals surface area (Å²) in [5, 5.41) is 13.0. The molecule has 7 heteroatoms. The van der Waals surface area contributed by atoms with Gasteiger partial charge in [-0.2, -0.15) is 0 Å². The van der Waals surface area contributed by atoms with Gasteiger partial charge in [-0.15, -0.1) is 5.10 Å². The lowest BCUT2D eigenvalue weighted by atomic mass is 9.93. The fourth-order valence-electron chi connectivity index (χ4n) is 5.60. The van der Waals surface area contributed by atoms with E-state index < -0.39 is 0 Å². The SMILES string of the molecule is Cc1ccc([C@@H](c2nnnn2C[C@@H]2CCCO2)N2CCN(C3CCCCC3)CC2)cc1. The summed E-state index contributed by atoms with van der Waals surface area (Å²) < 4.78 is 7.87. The average Bonchev–Trinajstić information content (AvgIpc) is 3.49. The van der Waals surface area contributed by atoms with Gasteiger partial charge in [0, 0.05) is 38.8 Å². The van der Waals surface area contributed by atoms with Crippen molar-refractivity contribution in [2.24, 2.45) is 0 Å². The Kier molecular flexibility index (Phi) is 6.62. The van der Waals surface area contributed by atoms with Gasteiger partial charge in [0.2, 0.25) is 0 Å². The molecular formula is C24H36N6O. The first-order valence-electron chi connectivity index (χ1n) is 12.2. The van der Waals surface area contributed by atoms with Crippen LogP contribution in [0, 0.1) is 6.92 Å². The van der Waals surface area contributed by atoms with Gasteiger partial charge >= 0.3 is 0 Å². The first-order valence-corrected chi connectivity index (χ1v) is 12.2. The second-order valence-corrected chi connectivity index (χ2v) is 9.53. The van der Waals surface area contributed by atoms with Crippen LogP contribution in [-0.4, -0.2) is 74.9 Å². The summed E-state index contributed by atoms with van der Waals surface area (Å²) in [6.45, 7) is 8.13. The van der Waals surface area contributed by atoms with E-state index in [0.717, 1.165) is 64.0 Å². The van der Waals surface area contributed by atoms with Gasteiger partial charge < -0.3 is 4.74 Å². The van der Waals surface area contributed by atoms with Gasteiger partial charge in [-0.05, 0) is 48.6 Å². The molecule has 3 heterocycles. The van der Waals surface area contributed by atoms with Gasteiger partial charge in [-0.3, -0.25) is 9.80 Å². The zero-order valence-electron chi connectivity index (χ0n) is 18.8. The number of aryl methyl sites for hydroxylation is 1. The van der Waals surface area contributed by atoms with E-state index in [1.807, 2.05) is 4.68 Å². The van der Waals surface area contributed by atoms with Crippen molar-refractivity contribution in [1.29, 1.82) is 0 Å². The van der Waals surface area contributed by atoms with Crippen LogP contribution in [0.2, 0.25) is 0 Å². The van der Waals surface area contributed by atoms with E-state index in [4.69, 9.17) is 4.74 Å². The molecule has 0 amide bonds. The summed E-state index contributed by atoms with van der Waals surface area (Å²) >= 11 is 0. The van der Waals surface area contributed by atoms with Crippen LogP contribution in [0.25, 0.3) is 0 Å². The van der Waals surface area contributed by atoms with Gasteiger partial charge in [0.15, 0.2) is 5.82 Å². The topological polar surface area (TPSA) is 59.3 Å². The molecule has 31 heavy (non-hydrogen) atoms. The Hall–Kier alpha value is -1.83. The van der Waals surface area contributed by atoms with Crippen molar-refractivity contribution in [2.75, 3.05) is 32.8 Å². The molecule has 0 radical (unpaired) electrons. The predicted octanol–water partition coefficient (Wildman–Crippen LogP) is 3.20. The maximum absolute atomic E-state index is 5.87. The van der Waals surface area contributed by atoms with Crippen molar-refractivity contribution in [3.05, 3.63) is 41.2 Å². The van der Waals surface area contributed by atoms with Crippen LogP contribution in [0.15, 0.2) is 24.3 Å². The van der Waals surface area contributed by atoms with E-state index in [1.165, 1.54) is 43.2 Å². The molecule has 0 spiro atoms. The Morgan fingerprint density at radius 3 is 2.45 bits per heavy atom. The second kappa shape index (κ2) is 9.76. The zero-order valence-corrected chi connectivity index (χ0v) is 18.8. The van der Waals surface area contributed by atoms with E-state index in [-0.39, 0.29) is 12.1 Å². The van der Waals surface area contributed by atoms with E-state index in [9.17, 15) is 0 Å². The van der Waals surface area contributed by atoms with Crippen LogP contribution in [0.1, 0.15) is 67.9 Å². The second-order valence-electron chi connectivity index (χ2n) is 9.53. The molecule has 2 aromatic rings. The van der Waals surface area contributed by atoms with Crippen LogP contribution in [-0.2, 0) is 11.3 Å². The molecule has 7 nitrogen and oxygen atoms in total. The third kappa shape index (κ3) is 4.83. The first kappa shape index (κ1) is 21.0. The molecule has 0 N–H and O–H groups in total. The molecule has 3 aliphatic rings. The molecule has 1 aliphatic carbocycles. The molecule has 168 valence electrons. The minimum atomic E-state index is 0.0884. The zero-order chi connectivity index (χ0) is 21.0. The lowest BCUT2D eigenvalue weighted by Gasteiger charge is -2.43. The number of tetrazole rings is 1. The summed E-state index contributed by atoms with van der Waals surface area (Å²) in [6.07, 6.45) is 9.41. The van der Waals surface area contributed by atoms with Crippen molar-refractivity contribution in [2.45, 2.75) is 76.6 Å². The summed E-state index contributed by atoms with van der Waals surface area (Å²) in [6, 6.07) is 9.78. The summed E-state index contributed by atoms with van der Waals surface area (Å²) in [5.74, 6) is 0.950. The molecule has 2 aliphatic heterocycles. The third-order valence-electron chi connectivity index (χ3n) is 7.40. The lowest BCUT2D eigenvalue weighted by molar-refractivity contribution is 0.0595. The molecule has 2 saturated heterocycles. The highest BCUT2D eigenvalue weighted by Gasteiger charge is 2.33. The summed E-state index contributed by atoms with van der Waals surface area (Å²) in [5.41, 5.74) is 2.56. The van der Waals surface area contributed by atoms with Crippen LogP contribution >= 0.6 is 0 Å². The monoisotopic (exact) mass is 424 g/mol. The highest BCUT2D eigenvalue weighted by Crippen LogP contribution is 2.31. The number of nitrogens with zero attached hydrogens (tertiary/aromatic N) is 6. The number of hydrogen-bond acceptors (Lipinski definition) is 6. The molecule has 1 aromatic heterocycles. The molecule has 3 fully saturated rings. The van der Waals surface area contributed by atoms with Crippen molar-refractivity contribution >= 4 is 0 Å². The minimum Gasteiger partial charge on any atom is -0.376 e. The molecule has 0 bridgehead atoms. The Bertz CT molecular complexity index is 817. The number of hydrogen-bond donors (Lipinski definition) is 0. The number of rotatable bonds is 6. The van der Waals surface area contributed by atoms with Gasteiger partial charge in [-0.1, -0.05) is 49.1 Å². The number of aromatic nitrogens is 4. The standard InChI is InChI=1S/C24H36N6O/c1-19-9-11-20(12-10-19)23(24-25-26-27-30(24)18-22-8-5-17-31-22)29-15-13-28(14-16-29)21-6-3-2-4-7-21/h9-12,21-23H,2-8,13-18H2,1H3/t22-,23-/m0/s1. The maximum Gasteiger partial charge on any atom is 0.173 e. The quantitative estimate of drug-likeness (QED) is 0.710. The highest BCUT2D eigenvalue weighted by molar-refractivity contribution is 5.28. The molecule has 5 rings (SSSR count). The van der Waals surface area contributed by atoms with Crippen LogP contribution in [0.3, 0.4) is 0 Å². The van der Waals surface area contributed by atoms with Crippen LogP contribution in [0.4, 0.5) is 0 Å². The predicted molar refractivity (Wildman–Crippen MR) is 120 cm³/mol. The normalized spacial score (nSPS) is 25.1. The van der Waals surface area contributed by atoms with E-state index in [0.29, 0.717) is 0 Å². The first-order chi connectivity index (χ1) is 15.3. The number of benzene rings is 1. The van der Waals surface area contributed by atoms with Crippen molar-refractivity contribution in [3.63, 3.8) is 0 Å². The Labute approximate surface area is 185 Å². The van der Waals surface area contributed by atoms with E-state index in [1.54, 1.807) is 0 Å². The smallest absolute Gasteiger partial charge is 0.173 e. The van der Waals surface area contributed by atoms with Crippen LogP contribution < -0.4 is 0 Å². The molecule has 1 saturated carbocycles. The molecule has 2 atom stereocenters. The lowest BCUT2D eigenvalue weighted by Crippen LogP contribution is -2.52. The van der Waals surface area contributed by atoms with Gasteiger partial charge in [0.05, 0.1) is 18.7 Å². The Morgan fingerprint density at radius 2 is 1.74 bits per heavy atom. The molecule has 1 aromatic carbocycles. The Balaban J connectivity index is 1.36. The molecular weight excluding hydrogens is 388 g/mol. The molecule has 0 unspecified atom stereocenters. The van der Waals surface area contributed by atoms with E-state index >= 15 is 0 Å². The summed E-state index contributed by atoms with van der Waals surface area (Å²) in [4.78, 5) is 5.32. The van der Waals surface area contributed by atoms with Gasteiger partial charge in [-0.25, -0.2) is 4.68 Å². The largest absolute Gasteiger partial charge is 0.376 e. The maximum atomic E-state index is 5.87. The third-order valence-corrected chi connectivity index (χ3v) is 7.40. The average molecular weight is 425 g/mol. The van der Waals surface area contributed by atoms with E-state index in [2.05, 4.69) is 56.5 Å². The number of piperazine rings is 1. The van der Waals surface area contributed by atoms with Crippen molar-refractivity contribution < 1.29 is 4.74 Å². The van der Waals surface area contributed by atoms with Gasteiger partial charge in [0.25, 0.3) is 0 Å². The van der Waals surface area contributed by atoms with Crippen LogP contribution in [0.5, 0.6) is 0 Å². The van der Waals surface area contributed by atoms with Crippen molar-refractivity contribution in [3.8, 4) is 0 Å². The van der Waals surface area contributed by atoms with Gasteiger partial charge in [0.1, 0.15) is 0 Å². The fourth-order valence-corrected chi connectivity index (χ4v) is 5.60. The fraction of sp³-hybridized carbons (Fsp3) is 0.708. The number of ether oxygens (including phenoxy) is 1. The minimum absolute atomic E-state index is 0.0884. The highest BCUT2D eigenvalue weighted by atomic mass is 16.5.